The van der Waals surface area contributed by atoms with Crippen LogP contribution in [0.25, 0.3) is 0 Å². The van der Waals surface area contributed by atoms with Crippen molar-refractivity contribution in [1.29, 1.82) is 0 Å². The first kappa shape index (κ1) is 11.9. The molecule has 98 valence electrons. The van der Waals surface area contributed by atoms with Gasteiger partial charge in [0.1, 0.15) is 12.1 Å². The monoisotopic (exact) mass is 248 g/mol. The quantitative estimate of drug-likeness (QED) is 0.855. The Labute approximate surface area is 108 Å². The number of ether oxygens (including phenoxy) is 1. The van der Waals surface area contributed by atoms with Gasteiger partial charge in [-0.05, 0) is 12.8 Å². The standard InChI is InChI=1S/C13H20N4O/c1-17(8-10-3-2-6-18-10)13-11-7-14-5-4-12(11)15-9-16-13/h9-10,14H,2-8H2,1H3. The van der Waals surface area contributed by atoms with Crippen molar-refractivity contribution in [3.8, 4) is 0 Å². The van der Waals surface area contributed by atoms with Crippen molar-refractivity contribution in [2.45, 2.75) is 31.9 Å². The summed E-state index contributed by atoms with van der Waals surface area (Å²) in [4.78, 5) is 11.1. The van der Waals surface area contributed by atoms with E-state index in [1.807, 2.05) is 0 Å². The van der Waals surface area contributed by atoms with Gasteiger partial charge in [-0.2, -0.15) is 0 Å². The van der Waals surface area contributed by atoms with E-state index in [1.54, 1.807) is 6.33 Å². The van der Waals surface area contributed by atoms with Crippen molar-refractivity contribution in [3.05, 3.63) is 17.6 Å². The molecule has 0 bridgehead atoms. The van der Waals surface area contributed by atoms with Gasteiger partial charge in [0, 0.05) is 45.3 Å². The van der Waals surface area contributed by atoms with E-state index in [0.717, 1.165) is 44.9 Å². The van der Waals surface area contributed by atoms with Crippen LogP contribution in [-0.4, -0.2) is 42.8 Å². The molecule has 3 heterocycles. The van der Waals surface area contributed by atoms with Crippen molar-refractivity contribution in [3.63, 3.8) is 0 Å². The number of rotatable bonds is 3. The highest BCUT2D eigenvalue weighted by molar-refractivity contribution is 5.48. The number of fused-ring (bicyclic) bond motifs is 1. The van der Waals surface area contributed by atoms with Crippen LogP contribution >= 0.6 is 0 Å². The fourth-order valence-corrected chi connectivity index (χ4v) is 2.76. The molecule has 2 aliphatic heterocycles. The number of likely N-dealkylation sites (N-methyl/N-ethyl adjacent to an activating group) is 1. The van der Waals surface area contributed by atoms with Crippen LogP contribution in [0.1, 0.15) is 24.1 Å². The molecule has 1 fully saturated rings. The zero-order chi connectivity index (χ0) is 12.4. The largest absolute Gasteiger partial charge is 0.376 e. The summed E-state index contributed by atoms with van der Waals surface area (Å²) in [7, 11) is 2.10. The Hall–Kier alpha value is -1.20. The second-order valence-electron chi connectivity index (χ2n) is 5.06. The lowest BCUT2D eigenvalue weighted by Crippen LogP contribution is -2.33. The molecule has 0 aromatic carbocycles. The van der Waals surface area contributed by atoms with E-state index in [0.29, 0.717) is 6.10 Å². The Morgan fingerprint density at radius 2 is 2.44 bits per heavy atom. The van der Waals surface area contributed by atoms with E-state index in [4.69, 9.17) is 4.74 Å². The highest BCUT2D eigenvalue weighted by Crippen LogP contribution is 2.23. The summed E-state index contributed by atoms with van der Waals surface area (Å²) >= 11 is 0. The third-order valence-electron chi connectivity index (χ3n) is 3.72. The Bertz CT molecular complexity index is 417. The van der Waals surface area contributed by atoms with Crippen LogP contribution in [0.15, 0.2) is 6.33 Å². The average Bonchev–Trinajstić information content (AvgIpc) is 2.91. The Morgan fingerprint density at radius 3 is 3.28 bits per heavy atom. The van der Waals surface area contributed by atoms with E-state index in [-0.39, 0.29) is 0 Å². The zero-order valence-electron chi connectivity index (χ0n) is 10.9. The van der Waals surface area contributed by atoms with Gasteiger partial charge in [-0.3, -0.25) is 0 Å². The fraction of sp³-hybridized carbons (Fsp3) is 0.692. The van der Waals surface area contributed by atoms with Crippen LogP contribution < -0.4 is 10.2 Å². The summed E-state index contributed by atoms with van der Waals surface area (Å²) in [5.41, 5.74) is 2.45. The van der Waals surface area contributed by atoms with E-state index in [2.05, 4.69) is 27.2 Å². The van der Waals surface area contributed by atoms with Crippen molar-refractivity contribution >= 4 is 5.82 Å². The van der Waals surface area contributed by atoms with Crippen LogP contribution in [0.2, 0.25) is 0 Å². The Kier molecular flexibility index (Phi) is 3.43. The number of anilines is 1. The van der Waals surface area contributed by atoms with Gasteiger partial charge in [0.2, 0.25) is 0 Å². The predicted octanol–water partition coefficient (Wildman–Crippen LogP) is 0.737. The molecule has 1 atom stereocenters. The number of nitrogens with one attached hydrogen (secondary N) is 1. The first-order valence-electron chi connectivity index (χ1n) is 6.71. The first-order valence-corrected chi connectivity index (χ1v) is 6.71. The number of aromatic nitrogens is 2. The maximum absolute atomic E-state index is 5.69. The highest BCUT2D eigenvalue weighted by Gasteiger charge is 2.22. The summed E-state index contributed by atoms with van der Waals surface area (Å²) in [6, 6.07) is 0. The highest BCUT2D eigenvalue weighted by atomic mass is 16.5. The van der Waals surface area contributed by atoms with Gasteiger partial charge in [-0.1, -0.05) is 0 Å². The van der Waals surface area contributed by atoms with Crippen LogP contribution in [0, 0.1) is 0 Å². The van der Waals surface area contributed by atoms with Gasteiger partial charge in [0.05, 0.1) is 11.8 Å². The van der Waals surface area contributed by atoms with E-state index >= 15 is 0 Å². The van der Waals surface area contributed by atoms with E-state index in [1.165, 1.54) is 17.7 Å². The summed E-state index contributed by atoms with van der Waals surface area (Å²) in [6.07, 6.45) is 5.39. The zero-order valence-corrected chi connectivity index (χ0v) is 10.9. The first-order chi connectivity index (χ1) is 8.84. The summed E-state index contributed by atoms with van der Waals surface area (Å²) in [5.74, 6) is 1.06. The normalized spacial score (nSPS) is 22.8. The maximum Gasteiger partial charge on any atom is 0.136 e. The average molecular weight is 248 g/mol. The molecule has 3 rings (SSSR count). The van der Waals surface area contributed by atoms with Crippen LogP contribution in [0.4, 0.5) is 5.82 Å². The molecule has 1 aromatic heterocycles. The van der Waals surface area contributed by atoms with Crippen molar-refractivity contribution in [2.75, 3.05) is 31.6 Å². The molecule has 1 N–H and O–H groups in total. The van der Waals surface area contributed by atoms with Gasteiger partial charge in [-0.25, -0.2) is 9.97 Å². The molecule has 1 unspecified atom stereocenters. The topological polar surface area (TPSA) is 50.3 Å². The van der Waals surface area contributed by atoms with Crippen molar-refractivity contribution in [1.82, 2.24) is 15.3 Å². The minimum absolute atomic E-state index is 0.358. The van der Waals surface area contributed by atoms with Gasteiger partial charge in [-0.15, -0.1) is 0 Å². The van der Waals surface area contributed by atoms with Gasteiger partial charge in [0.15, 0.2) is 0 Å². The summed E-state index contributed by atoms with van der Waals surface area (Å²) in [5, 5.41) is 3.39. The van der Waals surface area contributed by atoms with Crippen LogP contribution in [0.3, 0.4) is 0 Å². The maximum atomic E-state index is 5.69. The lowest BCUT2D eigenvalue weighted by Gasteiger charge is -2.26. The number of hydrogen-bond donors (Lipinski definition) is 1. The molecule has 0 spiro atoms. The van der Waals surface area contributed by atoms with Crippen molar-refractivity contribution in [2.24, 2.45) is 0 Å². The minimum Gasteiger partial charge on any atom is -0.376 e. The molecule has 5 heteroatoms. The second kappa shape index (κ2) is 5.20. The van der Waals surface area contributed by atoms with E-state index < -0.39 is 0 Å². The van der Waals surface area contributed by atoms with Gasteiger partial charge >= 0.3 is 0 Å². The molecule has 0 radical (unpaired) electrons. The number of hydrogen-bond acceptors (Lipinski definition) is 5. The molecular weight excluding hydrogens is 228 g/mol. The third kappa shape index (κ3) is 2.33. The molecular formula is C13H20N4O. The SMILES string of the molecule is CN(CC1CCCO1)c1ncnc2c1CNCC2. The molecule has 1 aromatic rings. The summed E-state index contributed by atoms with van der Waals surface area (Å²) in [6.45, 7) is 3.71. The minimum atomic E-state index is 0.358. The lowest BCUT2D eigenvalue weighted by atomic mass is 10.1. The van der Waals surface area contributed by atoms with Crippen LogP contribution in [0.5, 0.6) is 0 Å². The van der Waals surface area contributed by atoms with Gasteiger partial charge in [0.25, 0.3) is 0 Å². The molecule has 2 aliphatic rings. The van der Waals surface area contributed by atoms with Crippen LogP contribution in [-0.2, 0) is 17.7 Å². The predicted molar refractivity (Wildman–Crippen MR) is 69.7 cm³/mol. The Morgan fingerprint density at radius 1 is 1.50 bits per heavy atom. The fourth-order valence-electron chi connectivity index (χ4n) is 2.76. The molecule has 0 saturated carbocycles. The van der Waals surface area contributed by atoms with E-state index in [9.17, 15) is 0 Å². The van der Waals surface area contributed by atoms with Crippen molar-refractivity contribution < 1.29 is 4.74 Å². The smallest absolute Gasteiger partial charge is 0.136 e. The third-order valence-corrected chi connectivity index (χ3v) is 3.72. The Balaban J connectivity index is 1.78. The number of nitrogens with zero attached hydrogens (tertiary/aromatic N) is 3. The molecule has 0 aliphatic carbocycles. The molecule has 0 amide bonds. The second-order valence-corrected chi connectivity index (χ2v) is 5.06. The molecule has 5 nitrogen and oxygen atoms in total. The molecule has 18 heavy (non-hydrogen) atoms. The molecule has 1 saturated heterocycles. The summed E-state index contributed by atoms with van der Waals surface area (Å²) < 4.78 is 5.69. The lowest BCUT2D eigenvalue weighted by molar-refractivity contribution is 0.116. The van der Waals surface area contributed by atoms with Gasteiger partial charge < -0.3 is 15.0 Å².